The average Bonchev–Trinajstić information content (AvgIpc) is 2.67. The normalized spacial score (nSPS) is 11.1. The van der Waals surface area contributed by atoms with Crippen molar-refractivity contribution in [3.05, 3.63) is 95.6 Å². The second kappa shape index (κ2) is 7.95. The lowest BCUT2D eigenvalue weighted by atomic mass is 10.1. The summed E-state index contributed by atoms with van der Waals surface area (Å²) in [6.45, 7) is 0.366. The third-order valence-corrected chi connectivity index (χ3v) is 3.81. The van der Waals surface area contributed by atoms with Crippen LogP contribution in [0.4, 0.5) is 18.9 Å². The van der Waals surface area contributed by atoms with Crippen molar-refractivity contribution in [1.29, 1.82) is 0 Å². The molecule has 0 atom stereocenters. The van der Waals surface area contributed by atoms with E-state index in [-0.39, 0.29) is 5.69 Å². The Bertz CT molecular complexity index is 907. The van der Waals surface area contributed by atoms with Gasteiger partial charge in [-0.25, -0.2) is 0 Å². The summed E-state index contributed by atoms with van der Waals surface area (Å²) in [6, 6.07) is 20.5. The van der Waals surface area contributed by atoms with Gasteiger partial charge in [-0.2, -0.15) is 13.2 Å². The van der Waals surface area contributed by atoms with Crippen LogP contribution in [0, 0.1) is 0 Å². The summed E-state index contributed by atoms with van der Waals surface area (Å²) in [7, 11) is 0. The van der Waals surface area contributed by atoms with Crippen molar-refractivity contribution >= 4 is 11.6 Å². The van der Waals surface area contributed by atoms with Gasteiger partial charge in [0.15, 0.2) is 0 Å². The van der Waals surface area contributed by atoms with Crippen molar-refractivity contribution < 1.29 is 22.7 Å². The standard InChI is InChI=1S/C21H16F3NO2/c22-21(23,24)17-9-11-18(12-10-17)25-20(26)16-7-4-8-19(13-16)27-14-15-5-2-1-3-6-15/h1-13H,14H2,(H,25,26). The Morgan fingerprint density at radius 1 is 0.889 bits per heavy atom. The molecule has 0 aliphatic heterocycles. The van der Waals surface area contributed by atoms with Gasteiger partial charge >= 0.3 is 6.18 Å². The van der Waals surface area contributed by atoms with E-state index in [0.717, 1.165) is 17.7 Å². The number of ether oxygens (including phenoxy) is 1. The first-order valence-corrected chi connectivity index (χ1v) is 8.17. The number of nitrogens with one attached hydrogen (secondary N) is 1. The molecule has 3 aromatic rings. The molecule has 0 spiro atoms. The van der Waals surface area contributed by atoms with E-state index in [1.807, 2.05) is 30.3 Å². The molecule has 3 nitrogen and oxygen atoms in total. The number of hydrogen-bond donors (Lipinski definition) is 1. The van der Waals surface area contributed by atoms with E-state index < -0.39 is 17.6 Å². The number of amides is 1. The van der Waals surface area contributed by atoms with E-state index in [0.29, 0.717) is 17.9 Å². The van der Waals surface area contributed by atoms with E-state index in [1.165, 1.54) is 12.1 Å². The molecule has 0 heterocycles. The number of halogens is 3. The lowest BCUT2D eigenvalue weighted by molar-refractivity contribution is -0.137. The molecule has 3 aromatic carbocycles. The molecular formula is C21H16F3NO2. The van der Waals surface area contributed by atoms with Gasteiger partial charge in [-0.3, -0.25) is 4.79 Å². The summed E-state index contributed by atoms with van der Waals surface area (Å²) in [5.41, 5.74) is 0.859. The molecule has 0 saturated carbocycles. The molecule has 6 heteroatoms. The first kappa shape index (κ1) is 18.5. The lowest BCUT2D eigenvalue weighted by Crippen LogP contribution is -2.12. The molecular weight excluding hydrogens is 355 g/mol. The maximum Gasteiger partial charge on any atom is 0.416 e. The summed E-state index contributed by atoms with van der Waals surface area (Å²) in [6.07, 6.45) is -4.41. The topological polar surface area (TPSA) is 38.3 Å². The Balaban J connectivity index is 1.64. The zero-order valence-electron chi connectivity index (χ0n) is 14.2. The Morgan fingerprint density at radius 2 is 1.59 bits per heavy atom. The Hall–Kier alpha value is -3.28. The zero-order valence-corrected chi connectivity index (χ0v) is 14.2. The van der Waals surface area contributed by atoms with Gasteiger partial charge in [-0.1, -0.05) is 36.4 Å². The van der Waals surface area contributed by atoms with Crippen LogP contribution in [0.5, 0.6) is 5.75 Å². The Labute approximate surface area is 154 Å². The molecule has 1 amide bonds. The van der Waals surface area contributed by atoms with Crippen LogP contribution in [0.15, 0.2) is 78.9 Å². The summed E-state index contributed by atoms with van der Waals surface area (Å²) >= 11 is 0. The largest absolute Gasteiger partial charge is 0.489 e. The van der Waals surface area contributed by atoms with Gasteiger partial charge in [0.1, 0.15) is 12.4 Å². The fourth-order valence-corrected chi connectivity index (χ4v) is 2.41. The molecule has 0 unspecified atom stereocenters. The van der Waals surface area contributed by atoms with Crippen molar-refractivity contribution in [2.75, 3.05) is 5.32 Å². The number of benzene rings is 3. The smallest absolute Gasteiger partial charge is 0.416 e. The molecule has 0 aromatic heterocycles. The quantitative estimate of drug-likeness (QED) is 0.640. The Kier molecular flexibility index (Phi) is 5.45. The minimum Gasteiger partial charge on any atom is -0.489 e. The van der Waals surface area contributed by atoms with Crippen LogP contribution in [-0.4, -0.2) is 5.91 Å². The number of carbonyl (C=O) groups is 1. The number of anilines is 1. The SMILES string of the molecule is O=C(Nc1ccc(C(F)(F)F)cc1)c1cccc(OCc2ccccc2)c1. The predicted octanol–water partition coefficient (Wildman–Crippen LogP) is 5.54. The molecule has 0 fully saturated rings. The summed E-state index contributed by atoms with van der Waals surface area (Å²) in [5.74, 6) is 0.0962. The van der Waals surface area contributed by atoms with Gasteiger partial charge in [0.05, 0.1) is 5.56 Å². The fraction of sp³-hybridized carbons (Fsp3) is 0.0952. The summed E-state index contributed by atoms with van der Waals surface area (Å²) in [5, 5.41) is 2.58. The van der Waals surface area contributed by atoms with Crippen LogP contribution < -0.4 is 10.1 Å². The average molecular weight is 371 g/mol. The van der Waals surface area contributed by atoms with Crippen molar-refractivity contribution in [2.24, 2.45) is 0 Å². The lowest BCUT2D eigenvalue weighted by Gasteiger charge is -2.10. The number of alkyl halides is 3. The van der Waals surface area contributed by atoms with E-state index in [4.69, 9.17) is 4.74 Å². The summed E-state index contributed by atoms with van der Waals surface area (Å²) < 4.78 is 43.4. The third-order valence-electron chi connectivity index (χ3n) is 3.81. The first-order chi connectivity index (χ1) is 12.9. The van der Waals surface area contributed by atoms with E-state index in [9.17, 15) is 18.0 Å². The number of carbonyl (C=O) groups excluding carboxylic acids is 1. The highest BCUT2D eigenvalue weighted by Gasteiger charge is 2.30. The van der Waals surface area contributed by atoms with E-state index in [2.05, 4.69) is 5.32 Å². The maximum atomic E-state index is 12.6. The highest BCUT2D eigenvalue weighted by Crippen LogP contribution is 2.30. The number of hydrogen-bond acceptors (Lipinski definition) is 2. The number of rotatable bonds is 5. The zero-order chi connectivity index (χ0) is 19.3. The van der Waals surface area contributed by atoms with E-state index >= 15 is 0 Å². The van der Waals surface area contributed by atoms with Gasteiger partial charge in [0.25, 0.3) is 5.91 Å². The molecule has 1 N–H and O–H groups in total. The predicted molar refractivity (Wildman–Crippen MR) is 96.6 cm³/mol. The van der Waals surface area contributed by atoms with Crippen LogP contribution in [-0.2, 0) is 12.8 Å². The van der Waals surface area contributed by atoms with Crippen molar-refractivity contribution in [3.8, 4) is 5.75 Å². The van der Waals surface area contributed by atoms with E-state index in [1.54, 1.807) is 24.3 Å². The molecule has 138 valence electrons. The van der Waals surface area contributed by atoms with Gasteiger partial charge in [-0.15, -0.1) is 0 Å². The minimum atomic E-state index is -4.41. The van der Waals surface area contributed by atoms with Crippen LogP contribution in [0.2, 0.25) is 0 Å². The van der Waals surface area contributed by atoms with Crippen LogP contribution in [0.1, 0.15) is 21.5 Å². The molecule has 0 radical (unpaired) electrons. The van der Waals surface area contributed by atoms with Crippen molar-refractivity contribution in [1.82, 2.24) is 0 Å². The molecule has 0 bridgehead atoms. The van der Waals surface area contributed by atoms with Crippen molar-refractivity contribution in [2.45, 2.75) is 12.8 Å². The monoisotopic (exact) mass is 371 g/mol. The van der Waals surface area contributed by atoms with Gasteiger partial charge in [0.2, 0.25) is 0 Å². The van der Waals surface area contributed by atoms with Crippen LogP contribution in [0.25, 0.3) is 0 Å². The second-order valence-electron chi connectivity index (χ2n) is 5.83. The highest BCUT2D eigenvalue weighted by molar-refractivity contribution is 6.04. The van der Waals surface area contributed by atoms with Gasteiger partial charge in [0, 0.05) is 11.3 Å². The molecule has 0 saturated heterocycles. The van der Waals surface area contributed by atoms with Crippen LogP contribution in [0.3, 0.4) is 0 Å². The maximum absolute atomic E-state index is 12.6. The molecule has 0 aliphatic carbocycles. The summed E-state index contributed by atoms with van der Waals surface area (Å²) in [4.78, 5) is 12.3. The molecule has 0 aliphatic rings. The van der Waals surface area contributed by atoms with Crippen molar-refractivity contribution in [3.63, 3.8) is 0 Å². The van der Waals surface area contributed by atoms with Gasteiger partial charge < -0.3 is 10.1 Å². The Morgan fingerprint density at radius 3 is 2.26 bits per heavy atom. The van der Waals surface area contributed by atoms with Gasteiger partial charge in [-0.05, 0) is 48.0 Å². The molecule has 3 rings (SSSR count). The molecule has 27 heavy (non-hydrogen) atoms. The fourth-order valence-electron chi connectivity index (χ4n) is 2.41. The third kappa shape index (κ3) is 5.10. The minimum absolute atomic E-state index is 0.281. The first-order valence-electron chi connectivity index (χ1n) is 8.17. The second-order valence-corrected chi connectivity index (χ2v) is 5.83. The van der Waals surface area contributed by atoms with Crippen LogP contribution >= 0.6 is 0 Å². The highest BCUT2D eigenvalue weighted by atomic mass is 19.4.